The van der Waals surface area contributed by atoms with E-state index < -0.39 is 5.91 Å². The van der Waals surface area contributed by atoms with Crippen LogP contribution in [0.25, 0.3) is 16.1 Å². The monoisotopic (exact) mass is 593 g/mol. The quantitative estimate of drug-likeness (QED) is 0.232. The van der Waals surface area contributed by atoms with Crippen molar-refractivity contribution in [3.05, 3.63) is 71.5 Å². The molecule has 2 amide bonds. The summed E-state index contributed by atoms with van der Waals surface area (Å²) in [4.78, 5) is 35.0. The van der Waals surface area contributed by atoms with Crippen LogP contribution in [0.3, 0.4) is 0 Å². The third-order valence-corrected chi connectivity index (χ3v) is 7.88. The lowest BCUT2D eigenvalue weighted by Crippen LogP contribution is -2.54. The van der Waals surface area contributed by atoms with E-state index in [-0.39, 0.29) is 35.4 Å². The SMILES string of the molecule is [C-]#[N+]c1cccc(CN2CC(n3cc(-c4cccc(Nc5cc(NC(=O)C6CC6)nnc5C(=O)NC)c4OC)nn3)[C@@H]2C)n1. The Balaban J connectivity index is 1.21. The lowest BCUT2D eigenvalue weighted by Gasteiger charge is -2.45. The average molecular weight is 594 g/mol. The van der Waals surface area contributed by atoms with E-state index in [0.717, 1.165) is 25.1 Å². The Morgan fingerprint density at radius 2 is 1.93 bits per heavy atom. The number of benzene rings is 1. The number of nitrogens with zero attached hydrogens (tertiary/aromatic N) is 8. The van der Waals surface area contributed by atoms with Crippen molar-refractivity contribution in [3.63, 3.8) is 0 Å². The number of para-hydroxylation sites is 1. The fraction of sp³-hybridized carbons (Fsp3) is 0.333. The van der Waals surface area contributed by atoms with E-state index in [4.69, 9.17) is 11.3 Å². The number of pyridine rings is 1. The van der Waals surface area contributed by atoms with Crippen LogP contribution in [0.5, 0.6) is 5.75 Å². The van der Waals surface area contributed by atoms with Crippen molar-refractivity contribution in [1.82, 2.24) is 40.4 Å². The minimum atomic E-state index is -0.434. The van der Waals surface area contributed by atoms with Crippen molar-refractivity contribution in [2.24, 2.45) is 5.92 Å². The second-order valence-corrected chi connectivity index (χ2v) is 10.8. The molecule has 1 aromatic carbocycles. The lowest BCUT2D eigenvalue weighted by molar-refractivity contribution is -0.117. The zero-order valence-corrected chi connectivity index (χ0v) is 24.5. The predicted octanol–water partition coefficient (Wildman–Crippen LogP) is 3.59. The van der Waals surface area contributed by atoms with Crippen LogP contribution in [0.15, 0.2) is 48.7 Å². The maximum atomic E-state index is 12.6. The molecule has 3 N–H and O–H groups in total. The van der Waals surface area contributed by atoms with Crippen LogP contribution in [-0.4, -0.2) is 73.6 Å². The first-order valence-corrected chi connectivity index (χ1v) is 14.2. The van der Waals surface area contributed by atoms with Crippen LogP contribution < -0.4 is 20.7 Å². The number of methoxy groups -OCH3 is 1. The third kappa shape index (κ3) is 5.77. The van der Waals surface area contributed by atoms with Crippen LogP contribution in [0.4, 0.5) is 23.0 Å². The maximum absolute atomic E-state index is 12.6. The number of nitrogens with one attached hydrogen (secondary N) is 3. The molecule has 3 aromatic heterocycles. The number of hydrogen-bond donors (Lipinski definition) is 3. The zero-order valence-electron chi connectivity index (χ0n) is 24.5. The van der Waals surface area contributed by atoms with Gasteiger partial charge in [-0.3, -0.25) is 14.5 Å². The van der Waals surface area contributed by atoms with E-state index in [1.165, 1.54) is 7.05 Å². The van der Waals surface area contributed by atoms with Gasteiger partial charge in [-0.15, -0.1) is 20.3 Å². The molecule has 1 saturated carbocycles. The number of aromatic nitrogens is 6. The minimum Gasteiger partial charge on any atom is -0.494 e. The number of ether oxygens (including phenoxy) is 1. The molecule has 44 heavy (non-hydrogen) atoms. The Hall–Kier alpha value is -5.42. The molecule has 1 unspecified atom stereocenters. The highest BCUT2D eigenvalue weighted by Gasteiger charge is 2.38. The van der Waals surface area contributed by atoms with Gasteiger partial charge in [-0.25, -0.2) is 4.68 Å². The second kappa shape index (κ2) is 12.1. The molecule has 4 heterocycles. The zero-order chi connectivity index (χ0) is 30.8. The molecule has 14 nitrogen and oxygen atoms in total. The van der Waals surface area contributed by atoms with Gasteiger partial charge in [0.15, 0.2) is 17.3 Å². The molecule has 224 valence electrons. The normalized spacial score (nSPS) is 17.7. The van der Waals surface area contributed by atoms with Crippen molar-refractivity contribution in [2.45, 2.75) is 38.4 Å². The first kappa shape index (κ1) is 28.7. The molecular weight excluding hydrogens is 562 g/mol. The van der Waals surface area contributed by atoms with Gasteiger partial charge in [-0.05, 0) is 44.0 Å². The molecule has 0 spiro atoms. The van der Waals surface area contributed by atoms with Gasteiger partial charge in [0.05, 0.1) is 37.3 Å². The molecule has 1 aliphatic heterocycles. The largest absolute Gasteiger partial charge is 0.494 e. The summed E-state index contributed by atoms with van der Waals surface area (Å²) in [7, 11) is 3.07. The van der Waals surface area contributed by atoms with Crippen LogP contribution in [0.1, 0.15) is 42.0 Å². The fourth-order valence-corrected chi connectivity index (χ4v) is 5.18. The van der Waals surface area contributed by atoms with E-state index in [9.17, 15) is 9.59 Å². The second-order valence-electron chi connectivity index (χ2n) is 10.8. The average Bonchev–Trinajstić information content (AvgIpc) is 3.80. The topological polar surface area (TPSA) is 156 Å². The minimum absolute atomic E-state index is 0.0116. The van der Waals surface area contributed by atoms with Gasteiger partial charge in [0.25, 0.3) is 11.7 Å². The number of amides is 2. The van der Waals surface area contributed by atoms with Crippen molar-refractivity contribution in [1.29, 1.82) is 0 Å². The Morgan fingerprint density at radius 3 is 2.66 bits per heavy atom. The maximum Gasteiger partial charge on any atom is 0.273 e. The van der Waals surface area contributed by atoms with Gasteiger partial charge >= 0.3 is 0 Å². The summed E-state index contributed by atoms with van der Waals surface area (Å²) in [5.41, 5.74) is 3.17. The van der Waals surface area contributed by atoms with Crippen molar-refractivity contribution < 1.29 is 14.3 Å². The molecular formula is C30H31N11O3. The van der Waals surface area contributed by atoms with Crippen LogP contribution in [0.2, 0.25) is 0 Å². The van der Waals surface area contributed by atoms with Crippen molar-refractivity contribution >= 4 is 34.8 Å². The summed E-state index contributed by atoms with van der Waals surface area (Å²) in [5, 5.41) is 25.6. The molecule has 6 rings (SSSR count). The smallest absolute Gasteiger partial charge is 0.273 e. The highest BCUT2D eigenvalue weighted by Crippen LogP contribution is 2.39. The molecule has 14 heteroatoms. The number of rotatable bonds is 10. The van der Waals surface area contributed by atoms with Gasteiger partial charge in [0.1, 0.15) is 11.4 Å². The van der Waals surface area contributed by atoms with Gasteiger partial charge in [0.2, 0.25) is 5.91 Å². The summed E-state index contributed by atoms with van der Waals surface area (Å²) in [6.45, 7) is 10.7. The molecule has 2 aliphatic rings. The summed E-state index contributed by atoms with van der Waals surface area (Å²) < 4.78 is 7.68. The lowest BCUT2D eigenvalue weighted by atomic mass is 9.98. The molecule has 0 radical (unpaired) electrons. The number of anilines is 3. The van der Waals surface area contributed by atoms with Gasteiger partial charge in [-0.2, -0.15) is 0 Å². The molecule has 2 fully saturated rings. The summed E-state index contributed by atoms with van der Waals surface area (Å²) >= 11 is 0. The number of likely N-dealkylation sites (tertiary alicyclic amines) is 1. The molecule has 1 aliphatic carbocycles. The van der Waals surface area contributed by atoms with Gasteiger partial charge < -0.3 is 25.5 Å². The van der Waals surface area contributed by atoms with E-state index in [2.05, 4.69) is 58.1 Å². The van der Waals surface area contributed by atoms with Crippen molar-refractivity contribution in [3.8, 4) is 17.0 Å². The first-order chi connectivity index (χ1) is 21.4. The molecule has 0 bridgehead atoms. The summed E-state index contributed by atoms with van der Waals surface area (Å²) in [6, 6.07) is 12.9. The number of hydrogen-bond acceptors (Lipinski definition) is 10. The van der Waals surface area contributed by atoms with Crippen LogP contribution in [-0.2, 0) is 11.3 Å². The van der Waals surface area contributed by atoms with E-state index in [1.54, 1.807) is 19.2 Å². The Morgan fingerprint density at radius 1 is 1.11 bits per heavy atom. The standard InChI is InChI=1S/C30H31N11O3/c1-17-24(16-40(17)14-19-7-5-10-25(31-2)33-19)41-15-23(36-39-41)20-8-6-9-21(28(20)44-4)34-22-13-26(35-29(42)18-11-12-18)37-38-27(22)30(43)32-3/h5-10,13,15,17-18,24H,11-12,14,16H2,1,3-4H3,(H,32,43)(H2,34,35,37,42)/t17-,24?/m0/s1. The van der Waals surface area contributed by atoms with Crippen molar-refractivity contribution in [2.75, 3.05) is 31.3 Å². The summed E-state index contributed by atoms with van der Waals surface area (Å²) in [5.74, 6) is 0.574. The third-order valence-electron chi connectivity index (χ3n) is 7.88. The highest BCUT2D eigenvalue weighted by molar-refractivity contribution is 6.00. The van der Waals surface area contributed by atoms with E-state index >= 15 is 0 Å². The Kier molecular flexibility index (Phi) is 7.86. The number of carbonyl (C=O) groups excluding carboxylic acids is 2. The summed E-state index contributed by atoms with van der Waals surface area (Å²) in [6.07, 6.45) is 3.60. The Labute approximate surface area is 253 Å². The van der Waals surface area contributed by atoms with Gasteiger partial charge in [0, 0.05) is 37.2 Å². The molecule has 4 aromatic rings. The predicted molar refractivity (Wildman–Crippen MR) is 161 cm³/mol. The van der Waals surface area contributed by atoms with Crippen LogP contribution >= 0.6 is 0 Å². The van der Waals surface area contributed by atoms with Gasteiger partial charge in [-0.1, -0.05) is 23.9 Å². The highest BCUT2D eigenvalue weighted by atomic mass is 16.5. The fourth-order valence-electron chi connectivity index (χ4n) is 5.18. The molecule has 1 saturated heterocycles. The van der Waals surface area contributed by atoms with Crippen LogP contribution in [0, 0.1) is 12.5 Å². The van der Waals surface area contributed by atoms with E-state index in [1.807, 2.05) is 41.2 Å². The first-order valence-electron chi connectivity index (χ1n) is 14.2. The number of carbonyl (C=O) groups is 2. The molecule has 2 atom stereocenters. The Bertz CT molecular complexity index is 1760. The van der Waals surface area contributed by atoms with E-state index in [0.29, 0.717) is 40.7 Å².